The Labute approximate surface area is 234 Å². The maximum Gasteiger partial charge on any atom is 0.148 e. The summed E-state index contributed by atoms with van der Waals surface area (Å²) in [6.45, 7) is 4.42. The Morgan fingerprint density at radius 3 is 1.41 bits per heavy atom. The highest BCUT2D eigenvalue weighted by Gasteiger charge is 2.31. The largest absolute Gasteiger partial charge is 0.197 e. The Balaban J connectivity index is 1.98. The number of rotatable bonds is 12. The lowest BCUT2D eigenvalue weighted by Gasteiger charge is -2.07. The Morgan fingerprint density at radius 2 is 1.05 bits per heavy atom. The van der Waals surface area contributed by atoms with E-state index in [1.807, 2.05) is 0 Å². The molecule has 2 unspecified atom stereocenters. The average Bonchev–Trinajstić information content (AvgIpc) is 3.65. The number of thioether (sulfide) groups is 2. The summed E-state index contributed by atoms with van der Waals surface area (Å²) in [6, 6.07) is 13.0. The molecule has 3 rings (SSSR count). The zero-order valence-electron chi connectivity index (χ0n) is 21.7. The third-order valence-corrected chi connectivity index (χ3v) is 10.9. The zero-order chi connectivity index (χ0) is 26.6. The molecule has 3 heterocycles. The van der Waals surface area contributed by atoms with Gasteiger partial charge in [-0.05, 0) is 49.0 Å². The quantitative estimate of drug-likeness (QED) is 0.255. The van der Waals surface area contributed by atoms with Gasteiger partial charge >= 0.3 is 0 Å². The van der Waals surface area contributed by atoms with Crippen LogP contribution in [0.2, 0.25) is 0 Å². The van der Waals surface area contributed by atoms with Gasteiger partial charge in [0.2, 0.25) is 0 Å². The minimum atomic E-state index is -0.653. The van der Waals surface area contributed by atoms with Gasteiger partial charge in [-0.25, -0.2) is 0 Å². The van der Waals surface area contributed by atoms with Crippen molar-refractivity contribution in [1.82, 2.24) is 0 Å². The maximum absolute atomic E-state index is 9.49. The van der Waals surface area contributed by atoms with Gasteiger partial charge in [0.1, 0.15) is 11.8 Å². The lowest BCUT2D eigenvalue weighted by molar-refractivity contribution is 0.669. The Bertz CT molecular complexity index is 1170. The molecule has 37 heavy (non-hydrogen) atoms. The van der Waals surface area contributed by atoms with E-state index in [9.17, 15) is 21.0 Å². The van der Waals surface area contributed by atoms with Crippen molar-refractivity contribution in [2.24, 2.45) is 11.8 Å². The first-order valence-electron chi connectivity index (χ1n) is 13.3. The predicted molar refractivity (Wildman–Crippen MR) is 156 cm³/mol. The van der Waals surface area contributed by atoms with E-state index in [1.165, 1.54) is 68.5 Å². The fourth-order valence-corrected chi connectivity index (χ4v) is 8.64. The second kappa shape index (κ2) is 15.1. The van der Waals surface area contributed by atoms with Crippen LogP contribution in [0.3, 0.4) is 0 Å². The topological polar surface area (TPSA) is 95.2 Å². The summed E-state index contributed by atoms with van der Waals surface area (Å²) in [7, 11) is 0. The second-order valence-electron chi connectivity index (χ2n) is 9.46. The van der Waals surface area contributed by atoms with Gasteiger partial charge in [0.05, 0.1) is 34.8 Å². The van der Waals surface area contributed by atoms with Gasteiger partial charge in [-0.1, -0.05) is 64.5 Å². The van der Waals surface area contributed by atoms with Crippen LogP contribution < -0.4 is 9.06 Å². The molecule has 1 aromatic rings. The number of thiophene rings is 1. The van der Waals surface area contributed by atoms with Crippen LogP contribution >= 0.6 is 34.9 Å². The first-order chi connectivity index (χ1) is 18.1. The summed E-state index contributed by atoms with van der Waals surface area (Å²) in [6.07, 6.45) is 15.7. The number of nitriles is 4. The second-order valence-corrected chi connectivity index (χ2v) is 12.9. The molecule has 0 fully saturated rings. The molecule has 4 nitrogen and oxygen atoms in total. The number of unbranched alkanes of at least 4 members (excludes halogenated alkanes) is 6. The number of hydrogen-bond acceptors (Lipinski definition) is 7. The third kappa shape index (κ3) is 7.55. The summed E-state index contributed by atoms with van der Waals surface area (Å²) in [4.78, 5) is 2.41. The molecule has 0 saturated carbocycles. The molecule has 0 saturated heterocycles. The van der Waals surface area contributed by atoms with Gasteiger partial charge in [-0.15, -0.1) is 34.9 Å². The third-order valence-electron chi connectivity index (χ3n) is 6.69. The molecule has 7 heteroatoms. The van der Waals surface area contributed by atoms with Crippen LogP contribution in [0, 0.1) is 57.2 Å². The van der Waals surface area contributed by atoms with Gasteiger partial charge in [0, 0.05) is 18.9 Å². The van der Waals surface area contributed by atoms with Crippen LogP contribution in [-0.2, 0) is 0 Å². The van der Waals surface area contributed by atoms with Gasteiger partial charge < -0.3 is 0 Å². The molecule has 2 atom stereocenters. The molecule has 2 aliphatic heterocycles. The van der Waals surface area contributed by atoms with Crippen LogP contribution in [0.5, 0.6) is 0 Å². The van der Waals surface area contributed by atoms with Crippen molar-refractivity contribution < 1.29 is 0 Å². The van der Waals surface area contributed by atoms with E-state index in [1.54, 1.807) is 34.9 Å². The molecule has 0 bridgehead atoms. The summed E-state index contributed by atoms with van der Waals surface area (Å²) < 4.78 is 2.36. The maximum atomic E-state index is 9.49. The molecular formula is C30H34N4S3. The average molecular weight is 547 g/mol. The number of hydrogen-bond donors (Lipinski definition) is 0. The fraction of sp³-hybridized carbons (Fsp3) is 0.533. The molecule has 2 aliphatic rings. The minimum Gasteiger partial charge on any atom is -0.197 e. The number of nitrogens with zero attached hydrogens (tertiary/aromatic N) is 4. The van der Waals surface area contributed by atoms with Crippen molar-refractivity contribution in [3.63, 3.8) is 0 Å². The molecule has 0 aliphatic carbocycles. The molecule has 0 aromatic carbocycles. The van der Waals surface area contributed by atoms with Crippen LogP contribution in [0.4, 0.5) is 0 Å². The van der Waals surface area contributed by atoms with E-state index in [2.05, 4.69) is 62.4 Å². The van der Waals surface area contributed by atoms with Crippen LogP contribution in [-0.4, -0.2) is 10.5 Å². The molecule has 0 radical (unpaired) electrons. The molecule has 0 N–H and O–H groups in total. The highest BCUT2D eigenvalue weighted by Crippen LogP contribution is 2.44. The molecule has 192 valence electrons. The molecule has 1 aromatic heterocycles. The van der Waals surface area contributed by atoms with Gasteiger partial charge in [0.25, 0.3) is 0 Å². The van der Waals surface area contributed by atoms with E-state index in [-0.39, 0.29) is 10.5 Å². The van der Waals surface area contributed by atoms with Gasteiger partial charge in [0.15, 0.2) is 0 Å². The van der Waals surface area contributed by atoms with Crippen LogP contribution in [0.15, 0.2) is 35.4 Å². The van der Waals surface area contributed by atoms with E-state index in [4.69, 9.17) is 0 Å². The van der Waals surface area contributed by atoms with Gasteiger partial charge in [-0.3, -0.25) is 0 Å². The van der Waals surface area contributed by atoms with E-state index in [0.29, 0.717) is 0 Å². The van der Waals surface area contributed by atoms with Crippen molar-refractivity contribution in [3.05, 3.63) is 44.5 Å². The molecule has 0 amide bonds. The summed E-state index contributed by atoms with van der Waals surface area (Å²) >= 11 is 5.06. The minimum absolute atomic E-state index is 0.129. The lowest BCUT2D eigenvalue weighted by atomic mass is 10.0. The standard InChI is InChI=1S/C30H34N4S3/c1-3-5-7-9-11-21-15-27(23(17-31)18-32)36-29(21)25-13-14-26(35-25)30-22(12-10-8-6-4-2)16-28(37-30)24(19-33)20-34/h13-16,23-24,27-28H,3-12H2,1-2H3/b29-25+,30-26+. The normalized spacial score (nSPS) is 21.8. The Morgan fingerprint density at radius 1 is 0.649 bits per heavy atom. The lowest BCUT2D eigenvalue weighted by Crippen LogP contribution is -2.09. The Hall–Kier alpha value is -2.42. The predicted octanol–water partition coefficient (Wildman–Crippen LogP) is 7.32. The Kier molecular flexibility index (Phi) is 11.9. The van der Waals surface area contributed by atoms with Crippen LogP contribution in [0.1, 0.15) is 78.1 Å². The SMILES string of the molecule is CCCCCCC1=CC(C(C#N)C#N)S/C1=c1\cc/c(=C2\SC(C(C#N)C#N)C=C2CCCCCC)s1. The molecular weight excluding hydrogens is 513 g/mol. The van der Waals surface area contributed by atoms with Crippen molar-refractivity contribution in [2.45, 2.75) is 88.6 Å². The van der Waals surface area contributed by atoms with Crippen molar-refractivity contribution in [3.8, 4) is 24.3 Å². The van der Waals surface area contributed by atoms with E-state index in [0.717, 1.165) is 25.7 Å². The van der Waals surface area contributed by atoms with E-state index < -0.39 is 11.8 Å². The monoisotopic (exact) mass is 546 g/mol. The summed E-state index contributed by atoms with van der Waals surface area (Å²) in [5.74, 6) is -1.31. The van der Waals surface area contributed by atoms with Crippen LogP contribution in [0.25, 0.3) is 9.81 Å². The van der Waals surface area contributed by atoms with Gasteiger partial charge in [-0.2, -0.15) is 21.0 Å². The summed E-state index contributed by atoms with van der Waals surface area (Å²) in [5, 5.41) is 37.7. The van der Waals surface area contributed by atoms with E-state index >= 15 is 0 Å². The highest BCUT2D eigenvalue weighted by atomic mass is 32.2. The van der Waals surface area contributed by atoms with Crippen molar-refractivity contribution in [1.29, 1.82) is 21.0 Å². The smallest absolute Gasteiger partial charge is 0.148 e. The highest BCUT2D eigenvalue weighted by molar-refractivity contribution is 8.09. The first kappa shape index (κ1) is 29.1. The zero-order valence-corrected chi connectivity index (χ0v) is 24.2. The molecule has 0 spiro atoms. The van der Waals surface area contributed by atoms with Crippen molar-refractivity contribution >= 4 is 44.7 Å². The fourth-order valence-electron chi connectivity index (χ4n) is 4.61. The first-order valence-corrected chi connectivity index (χ1v) is 15.9. The summed E-state index contributed by atoms with van der Waals surface area (Å²) in [5.41, 5.74) is 2.53. The van der Waals surface area contributed by atoms with Crippen molar-refractivity contribution in [2.75, 3.05) is 0 Å².